The normalized spacial score (nSPS) is 16.7. The third-order valence-electron chi connectivity index (χ3n) is 3.99. The van der Waals surface area contributed by atoms with Crippen LogP contribution < -0.4 is 10.5 Å². The molecule has 3 rings (SSSR count). The van der Waals surface area contributed by atoms with Crippen molar-refractivity contribution in [2.24, 2.45) is 11.7 Å². The Morgan fingerprint density at radius 2 is 1.83 bits per heavy atom. The number of rotatable bonds is 4. The Morgan fingerprint density at radius 1 is 1.13 bits per heavy atom. The predicted octanol–water partition coefficient (Wildman–Crippen LogP) is 3.32. The van der Waals surface area contributed by atoms with Gasteiger partial charge >= 0.3 is 0 Å². The van der Waals surface area contributed by atoms with E-state index in [2.05, 4.69) is 0 Å². The summed E-state index contributed by atoms with van der Waals surface area (Å²) in [5, 5.41) is 0. The van der Waals surface area contributed by atoms with Gasteiger partial charge in [0.1, 0.15) is 11.5 Å². The molecule has 5 heteroatoms. The molecule has 0 spiro atoms. The SMILES string of the molecule is Cl.NCC1CCN(C(=O)c2ccccc2Oc2ccccc2)C1. The first-order valence-corrected chi connectivity index (χ1v) is 7.59. The molecule has 1 heterocycles. The van der Waals surface area contributed by atoms with E-state index in [1.807, 2.05) is 59.5 Å². The number of likely N-dealkylation sites (tertiary alicyclic amines) is 1. The summed E-state index contributed by atoms with van der Waals surface area (Å²) < 4.78 is 5.87. The molecule has 2 aromatic rings. The number of hydrogen-bond donors (Lipinski definition) is 1. The van der Waals surface area contributed by atoms with E-state index in [0.29, 0.717) is 23.8 Å². The van der Waals surface area contributed by atoms with Gasteiger partial charge in [-0.2, -0.15) is 0 Å². The summed E-state index contributed by atoms with van der Waals surface area (Å²) in [5.41, 5.74) is 6.31. The van der Waals surface area contributed by atoms with E-state index in [1.54, 1.807) is 0 Å². The number of ether oxygens (including phenoxy) is 1. The van der Waals surface area contributed by atoms with Crippen molar-refractivity contribution in [1.82, 2.24) is 4.90 Å². The van der Waals surface area contributed by atoms with Crippen LogP contribution in [-0.4, -0.2) is 30.4 Å². The van der Waals surface area contributed by atoms with Gasteiger partial charge in [0, 0.05) is 13.1 Å². The number of benzene rings is 2. The minimum Gasteiger partial charge on any atom is -0.457 e. The first kappa shape index (κ1) is 17.3. The fraction of sp³-hybridized carbons (Fsp3) is 0.278. The van der Waals surface area contributed by atoms with Crippen LogP contribution in [0.5, 0.6) is 11.5 Å². The fourth-order valence-corrected chi connectivity index (χ4v) is 2.73. The maximum atomic E-state index is 12.7. The zero-order chi connectivity index (χ0) is 15.4. The summed E-state index contributed by atoms with van der Waals surface area (Å²) in [7, 11) is 0. The average Bonchev–Trinajstić information content (AvgIpc) is 3.05. The smallest absolute Gasteiger partial charge is 0.257 e. The Labute approximate surface area is 142 Å². The Hall–Kier alpha value is -2.04. The van der Waals surface area contributed by atoms with Gasteiger partial charge in [-0.25, -0.2) is 0 Å². The molecule has 0 saturated carbocycles. The van der Waals surface area contributed by atoms with Crippen LogP contribution in [0.25, 0.3) is 0 Å². The lowest BCUT2D eigenvalue weighted by Crippen LogP contribution is -2.30. The van der Waals surface area contributed by atoms with Crippen LogP contribution in [0.15, 0.2) is 54.6 Å². The molecule has 0 radical (unpaired) electrons. The molecule has 1 unspecified atom stereocenters. The summed E-state index contributed by atoms with van der Waals surface area (Å²) in [6, 6.07) is 16.9. The summed E-state index contributed by atoms with van der Waals surface area (Å²) in [6.07, 6.45) is 0.976. The van der Waals surface area contributed by atoms with Gasteiger partial charge in [0.05, 0.1) is 5.56 Å². The molecule has 23 heavy (non-hydrogen) atoms. The maximum absolute atomic E-state index is 12.7. The van der Waals surface area contributed by atoms with Gasteiger partial charge in [-0.3, -0.25) is 4.79 Å². The Balaban J connectivity index is 0.00000192. The molecule has 2 aromatic carbocycles. The van der Waals surface area contributed by atoms with Gasteiger partial charge in [0.2, 0.25) is 0 Å². The standard InChI is InChI=1S/C18H20N2O2.ClH/c19-12-14-10-11-20(13-14)18(21)16-8-4-5-9-17(16)22-15-6-2-1-3-7-15;/h1-9,14H,10-13,19H2;1H. The van der Waals surface area contributed by atoms with Crippen molar-refractivity contribution in [2.75, 3.05) is 19.6 Å². The first-order chi connectivity index (χ1) is 10.8. The molecule has 1 aliphatic rings. The number of carbonyl (C=O) groups excluding carboxylic acids is 1. The Bertz CT molecular complexity index is 648. The van der Waals surface area contributed by atoms with E-state index in [4.69, 9.17) is 10.5 Å². The molecule has 1 atom stereocenters. The van der Waals surface area contributed by atoms with Gasteiger partial charge < -0.3 is 15.4 Å². The van der Waals surface area contributed by atoms with E-state index in [0.717, 1.165) is 25.3 Å². The number of nitrogens with zero attached hydrogens (tertiary/aromatic N) is 1. The summed E-state index contributed by atoms with van der Waals surface area (Å²) in [4.78, 5) is 14.6. The van der Waals surface area contributed by atoms with Crippen molar-refractivity contribution in [1.29, 1.82) is 0 Å². The van der Waals surface area contributed by atoms with E-state index in [9.17, 15) is 4.79 Å². The van der Waals surface area contributed by atoms with Gasteiger partial charge in [0.25, 0.3) is 5.91 Å². The number of halogens is 1. The topological polar surface area (TPSA) is 55.6 Å². The van der Waals surface area contributed by atoms with Crippen molar-refractivity contribution in [3.8, 4) is 11.5 Å². The molecule has 4 nitrogen and oxygen atoms in total. The van der Waals surface area contributed by atoms with Gasteiger partial charge in [-0.05, 0) is 43.1 Å². The summed E-state index contributed by atoms with van der Waals surface area (Å²) in [6.45, 7) is 2.13. The fourth-order valence-electron chi connectivity index (χ4n) is 2.73. The molecule has 1 saturated heterocycles. The van der Waals surface area contributed by atoms with E-state index in [-0.39, 0.29) is 18.3 Å². The minimum atomic E-state index is 0. The molecular weight excluding hydrogens is 312 g/mol. The molecule has 1 fully saturated rings. The summed E-state index contributed by atoms with van der Waals surface area (Å²) >= 11 is 0. The van der Waals surface area contributed by atoms with Crippen LogP contribution in [0.1, 0.15) is 16.8 Å². The second-order valence-corrected chi connectivity index (χ2v) is 5.55. The average molecular weight is 333 g/mol. The van der Waals surface area contributed by atoms with Crippen molar-refractivity contribution >= 4 is 18.3 Å². The number of carbonyl (C=O) groups is 1. The molecule has 122 valence electrons. The second-order valence-electron chi connectivity index (χ2n) is 5.55. The van der Waals surface area contributed by atoms with E-state index < -0.39 is 0 Å². The molecule has 0 aliphatic carbocycles. The highest BCUT2D eigenvalue weighted by Gasteiger charge is 2.27. The van der Waals surface area contributed by atoms with Crippen LogP contribution in [0, 0.1) is 5.92 Å². The highest BCUT2D eigenvalue weighted by atomic mass is 35.5. The first-order valence-electron chi connectivity index (χ1n) is 7.59. The van der Waals surface area contributed by atoms with Crippen molar-refractivity contribution in [3.63, 3.8) is 0 Å². The largest absolute Gasteiger partial charge is 0.457 e. The molecule has 0 aromatic heterocycles. The van der Waals surface area contributed by atoms with E-state index in [1.165, 1.54) is 0 Å². The monoisotopic (exact) mass is 332 g/mol. The van der Waals surface area contributed by atoms with Crippen molar-refractivity contribution in [2.45, 2.75) is 6.42 Å². The van der Waals surface area contributed by atoms with Gasteiger partial charge in [-0.1, -0.05) is 30.3 Å². The lowest BCUT2D eigenvalue weighted by atomic mass is 10.1. The molecule has 1 amide bonds. The quantitative estimate of drug-likeness (QED) is 0.934. The van der Waals surface area contributed by atoms with Crippen LogP contribution in [-0.2, 0) is 0 Å². The van der Waals surface area contributed by atoms with Crippen LogP contribution in [0.2, 0.25) is 0 Å². The van der Waals surface area contributed by atoms with Gasteiger partial charge in [-0.15, -0.1) is 12.4 Å². The van der Waals surface area contributed by atoms with Crippen LogP contribution >= 0.6 is 12.4 Å². The number of nitrogens with two attached hydrogens (primary N) is 1. The number of hydrogen-bond acceptors (Lipinski definition) is 3. The molecule has 1 aliphatic heterocycles. The van der Waals surface area contributed by atoms with E-state index >= 15 is 0 Å². The van der Waals surface area contributed by atoms with Crippen molar-refractivity contribution in [3.05, 3.63) is 60.2 Å². The second kappa shape index (κ2) is 7.99. The van der Waals surface area contributed by atoms with Crippen LogP contribution in [0.4, 0.5) is 0 Å². The van der Waals surface area contributed by atoms with Crippen LogP contribution in [0.3, 0.4) is 0 Å². The minimum absolute atomic E-state index is 0. The molecular formula is C18H21ClN2O2. The zero-order valence-corrected chi connectivity index (χ0v) is 13.7. The zero-order valence-electron chi connectivity index (χ0n) is 12.9. The van der Waals surface area contributed by atoms with Gasteiger partial charge in [0.15, 0.2) is 0 Å². The number of para-hydroxylation sites is 2. The Kier molecular flexibility index (Phi) is 6.02. The maximum Gasteiger partial charge on any atom is 0.257 e. The molecule has 0 bridgehead atoms. The highest BCUT2D eigenvalue weighted by Crippen LogP contribution is 2.27. The van der Waals surface area contributed by atoms with Crippen molar-refractivity contribution < 1.29 is 9.53 Å². The third kappa shape index (κ3) is 4.03. The highest BCUT2D eigenvalue weighted by molar-refractivity contribution is 5.97. The molecule has 2 N–H and O–H groups in total. The third-order valence-corrected chi connectivity index (χ3v) is 3.99. The Morgan fingerprint density at radius 3 is 2.52 bits per heavy atom. The lowest BCUT2D eigenvalue weighted by Gasteiger charge is -2.18. The number of amides is 1. The summed E-state index contributed by atoms with van der Waals surface area (Å²) in [5.74, 6) is 1.74. The lowest BCUT2D eigenvalue weighted by molar-refractivity contribution is 0.0785. The predicted molar refractivity (Wildman–Crippen MR) is 93.3 cm³/mol.